The van der Waals surface area contributed by atoms with Gasteiger partial charge in [0, 0.05) is 44.1 Å². The zero-order valence-electron chi connectivity index (χ0n) is 19.0. The van der Waals surface area contributed by atoms with Gasteiger partial charge in [0.25, 0.3) is 0 Å². The highest BCUT2D eigenvalue weighted by Gasteiger charge is 2.41. The Labute approximate surface area is 176 Å². The molecule has 0 bridgehead atoms. The van der Waals surface area contributed by atoms with Crippen LogP contribution in [0.1, 0.15) is 60.3 Å². The quantitative estimate of drug-likeness (QED) is 0.621. The molecule has 7 nitrogen and oxygen atoms in total. The van der Waals surface area contributed by atoms with Crippen molar-refractivity contribution in [2.45, 2.75) is 65.8 Å². The molecule has 1 N–H and O–H groups in total. The van der Waals surface area contributed by atoms with Crippen LogP contribution in [0.4, 0.5) is 0 Å². The summed E-state index contributed by atoms with van der Waals surface area (Å²) in [6.45, 7) is 15.8. The van der Waals surface area contributed by atoms with Gasteiger partial charge >= 0.3 is 0 Å². The van der Waals surface area contributed by atoms with Crippen molar-refractivity contribution in [1.82, 2.24) is 20.0 Å². The van der Waals surface area contributed by atoms with E-state index in [0.717, 1.165) is 26.1 Å². The number of carbonyl (C=O) groups excluding carboxylic acids is 3. The van der Waals surface area contributed by atoms with Crippen LogP contribution < -0.4 is 5.32 Å². The summed E-state index contributed by atoms with van der Waals surface area (Å²) in [4.78, 5) is 43.6. The van der Waals surface area contributed by atoms with Gasteiger partial charge in [-0.25, -0.2) is 0 Å². The third-order valence-corrected chi connectivity index (χ3v) is 6.31. The minimum absolute atomic E-state index is 0.0104. The monoisotopic (exact) mass is 408 g/mol. The fourth-order valence-electron chi connectivity index (χ4n) is 4.34. The second kappa shape index (κ2) is 10.4. The normalized spacial score (nSPS) is 21.2. The van der Waals surface area contributed by atoms with Crippen LogP contribution in [-0.4, -0.2) is 83.8 Å². The van der Waals surface area contributed by atoms with E-state index in [2.05, 4.69) is 24.1 Å². The summed E-state index contributed by atoms with van der Waals surface area (Å²) in [6, 6.07) is 0. The van der Waals surface area contributed by atoms with Crippen LogP contribution in [0.25, 0.3) is 0 Å². The van der Waals surface area contributed by atoms with Gasteiger partial charge in [0.15, 0.2) is 0 Å². The maximum absolute atomic E-state index is 12.9. The van der Waals surface area contributed by atoms with Crippen molar-refractivity contribution < 1.29 is 14.4 Å². The molecular formula is C22H40N4O3. The van der Waals surface area contributed by atoms with Gasteiger partial charge in [0.05, 0.1) is 5.92 Å². The van der Waals surface area contributed by atoms with E-state index >= 15 is 0 Å². The summed E-state index contributed by atoms with van der Waals surface area (Å²) in [5.74, 6) is 0.000527. The zero-order chi connectivity index (χ0) is 21.6. The van der Waals surface area contributed by atoms with Gasteiger partial charge in [0.1, 0.15) is 0 Å². The van der Waals surface area contributed by atoms with Gasteiger partial charge in [0.2, 0.25) is 17.7 Å². The number of nitrogens with one attached hydrogen (secondary N) is 1. The summed E-state index contributed by atoms with van der Waals surface area (Å²) in [5.41, 5.74) is -0.248. The molecule has 0 spiro atoms. The van der Waals surface area contributed by atoms with Crippen molar-refractivity contribution in [3.8, 4) is 0 Å². The highest BCUT2D eigenvalue weighted by Crippen LogP contribution is 2.28. The molecular weight excluding hydrogens is 368 g/mol. The number of likely N-dealkylation sites (tertiary alicyclic amines) is 2. The van der Waals surface area contributed by atoms with Crippen LogP contribution in [0.3, 0.4) is 0 Å². The maximum atomic E-state index is 12.9. The number of hydrogen-bond acceptors (Lipinski definition) is 4. The Morgan fingerprint density at radius 1 is 1.10 bits per heavy atom. The van der Waals surface area contributed by atoms with Gasteiger partial charge < -0.3 is 20.0 Å². The standard InChI is InChI=1S/C22H40N4O3/c1-6-24(7-2)12-8-11-23-20(28)17-9-13-25(14-10-17)21(29)18-15-19(27)26(16-18)22(3,4)5/h17-18H,6-16H2,1-5H3,(H,23,28). The Balaban J connectivity index is 1.72. The smallest absolute Gasteiger partial charge is 0.227 e. The van der Waals surface area contributed by atoms with E-state index in [4.69, 9.17) is 0 Å². The van der Waals surface area contributed by atoms with Crippen LogP contribution >= 0.6 is 0 Å². The lowest BCUT2D eigenvalue weighted by Gasteiger charge is -2.34. The van der Waals surface area contributed by atoms with E-state index in [1.807, 2.05) is 30.6 Å². The first-order chi connectivity index (χ1) is 13.7. The minimum atomic E-state index is -0.248. The average Bonchev–Trinajstić information content (AvgIpc) is 3.09. The number of amides is 3. The molecule has 2 saturated heterocycles. The number of hydrogen-bond donors (Lipinski definition) is 1. The first kappa shape index (κ1) is 23.6. The molecule has 2 aliphatic heterocycles. The average molecular weight is 409 g/mol. The molecule has 0 aromatic heterocycles. The van der Waals surface area contributed by atoms with Crippen LogP contribution in [-0.2, 0) is 14.4 Å². The maximum Gasteiger partial charge on any atom is 0.227 e. The Kier molecular flexibility index (Phi) is 8.49. The Morgan fingerprint density at radius 2 is 1.72 bits per heavy atom. The predicted molar refractivity (Wildman–Crippen MR) is 114 cm³/mol. The second-order valence-corrected chi connectivity index (χ2v) is 9.35. The Morgan fingerprint density at radius 3 is 2.24 bits per heavy atom. The number of nitrogens with zero attached hydrogens (tertiary/aromatic N) is 3. The summed E-state index contributed by atoms with van der Waals surface area (Å²) >= 11 is 0. The minimum Gasteiger partial charge on any atom is -0.356 e. The number of piperidine rings is 1. The molecule has 0 aromatic rings. The Bertz CT molecular complexity index is 575. The van der Waals surface area contributed by atoms with Gasteiger partial charge in [-0.15, -0.1) is 0 Å². The van der Waals surface area contributed by atoms with Crippen LogP contribution in [0.5, 0.6) is 0 Å². The van der Waals surface area contributed by atoms with E-state index in [1.165, 1.54) is 0 Å². The molecule has 0 aromatic carbocycles. The second-order valence-electron chi connectivity index (χ2n) is 9.35. The molecule has 3 amide bonds. The molecule has 2 heterocycles. The van der Waals surface area contributed by atoms with Crippen LogP contribution in [0.2, 0.25) is 0 Å². The molecule has 0 radical (unpaired) electrons. The zero-order valence-corrected chi connectivity index (χ0v) is 19.0. The molecule has 2 rings (SSSR count). The van der Waals surface area contributed by atoms with Gasteiger partial charge in [-0.05, 0) is 59.7 Å². The lowest BCUT2D eigenvalue weighted by molar-refractivity contribution is -0.139. The van der Waals surface area contributed by atoms with E-state index < -0.39 is 0 Å². The topological polar surface area (TPSA) is 73.0 Å². The fraction of sp³-hybridized carbons (Fsp3) is 0.864. The van der Waals surface area contributed by atoms with Crippen LogP contribution in [0, 0.1) is 11.8 Å². The molecule has 0 aliphatic carbocycles. The molecule has 2 fully saturated rings. The first-order valence-corrected chi connectivity index (χ1v) is 11.3. The predicted octanol–water partition coefficient (Wildman–Crippen LogP) is 1.72. The lowest BCUT2D eigenvalue weighted by Crippen LogP contribution is -2.46. The first-order valence-electron chi connectivity index (χ1n) is 11.3. The molecule has 0 saturated carbocycles. The number of carbonyl (C=O) groups is 3. The molecule has 7 heteroatoms. The summed E-state index contributed by atoms with van der Waals surface area (Å²) in [6.07, 6.45) is 2.68. The number of rotatable bonds is 8. The molecule has 2 aliphatic rings. The Hall–Kier alpha value is -1.63. The largest absolute Gasteiger partial charge is 0.356 e. The molecule has 1 unspecified atom stereocenters. The van der Waals surface area contributed by atoms with Gasteiger partial charge in [-0.1, -0.05) is 13.8 Å². The fourth-order valence-corrected chi connectivity index (χ4v) is 4.34. The van der Waals surface area contributed by atoms with Crippen molar-refractivity contribution in [2.24, 2.45) is 11.8 Å². The summed E-state index contributed by atoms with van der Waals surface area (Å²) < 4.78 is 0. The van der Waals surface area contributed by atoms with E-state index in [0.29, 0.717) is 45.4 Å². The lowest BCUT2D eigenvalue weighted by atomic mass is 9.94. The molecule has 1 atom stereocenters. The SMILES string of the molecule is CCN(CC)CCCNC(=O)C1CCN(C(=O)C2CC(=O)N(C(C)(C)C)C2)CC1. The van der Waals surface area contributed by atoms with Gasteiger partial charge in [-0.3, -0.25) is 14.4 Å². The van der Waals surface area contributed by atoms with Gasteiger partial charge in [-0.2, -0.15) is 0 Å². The van der Waals surface area contributed by atoms with Crippen molar-refractivity contribution in [1.29, 1.82) is 0 Å². The third kappa shape index (κ3) is 6.43. The van der Waals surface area contributed by atoms with E-state index in [1.54, 1.807) is 0 Å². The molecule has 166 valence electrons. The van der Waals surface area contributed by atoms with E-state index in [9.17, 15) is 14.4 Å². The summed E-state index contributed by atoms with van der Waals surface area (Å²) in [7, 11) is 0. The highest BCUT2D eigenvalue weighted by atomic mass is 16.2. The highest BCUT2D eigenvalue weighted by molar-refractivity contribution is 5.90. The van der Waals surface area contributed by atoms with Crippen molar-refractivity contribution >= 4 is 17.7 Å². The van der Waals surface area contributed by atoms with Crippen molar-refractivity contribution in [2.75, 3.05) is 45.8 Å². The van der Waals surface area contributed by atoms with Crippen molar-refractivity contribution in [3.05, 3.63) is 0 Å². The van der Waals surface area contributed by atoms with E-state index in [-0.39, 0.29) is 35.1 Å². The summed E-state index contributed by atoms with van der Waals surface area (Å²) in [5, 5.41) is 3.06. The van der Waals surface area contributed by atoms with Crippen LogP contribution in [0.15, 0.2) is 0 Å². The molecule has 29 heavy (non-hydrogen) atoms. The van der Waals surface area contributed by atoms with Crippen molar-refractivity contribution in [3.63, 3.8) is 0 Å². The third-order valence-electron chi connectivity index (χ3n) is 6.31.